The fourth-order valence-corrected chi connectivity index (χ4v) is 2.11. The monoisotopic (exact) mass is 226 g/mol. The van der Waals surface area contributed by atoms with Crippen LogP contribution in [0.1, 0.15) is 11.6 Å². The first-order chi connectivity index (χ1) is 8.38. The Kier molecular flexibility index (Phi) is 2.46. The van der Waals surface area contributed by atoms with Crippen LogP contribution in [-0.4, -0.2) is 6.54 Å². The molecular weight excluding hydrogens is 212 g/mol. The van der Waals surface area contributed by atoms with Crippen molar-refractivity contribution in [2.75, 3.05) is 11.9 Å². The molecule has 1 atom stereocenters. The van der Waals surface area contributed by atoms with Crippen molar-refractivity contribution >= 4 is 5.69 Å². The number of nitrogens with one attached hydrogen (secondary N) is 1. The van der Waals surface area contributed by atoms with Crippen molar-refractivity contribution in [2.45, 2.75) is 6.04 Å². The van der Waals surface area contributed by atoms with Gasteiger partial charge >= 0.3 is 0 Å². The van der Waals surface area contributed by atoms with Crippen LogP contribution in [-0.2, 0) is 0 Å². The average molecular weight is 226 g/mol. The highest BCUT2D eigenvalue weighted by Gasteiger charge is 2.20. The minimum atomic E-state index is 0.0925. The van der Waals surface area contributed by atoms with Crippen molar-refractivity contribution in [3.63, 3.8) is 0 Å². The van der Waals surface area contributed by atoms with E-state index in [1.165, 1.54) is 0 Å². The predicted molar refractivity (Wildman–Crippen MR) is 68.4 cm³/mol. The number of nitrogens with two attached hydrogens (primary N) is 1. The number of para-hydroxylation sites is 3. The molecule has 1 aliphatic rings. The van der Waals surface area contributed by atoms with Crippen LogP contribution in [0.4, 0.5) is 5.69 Å². The highest BCUT2D eigenvalue weighted by molar-refractivity contribution is 5.62. The van der Waals surface area contributed by atoms with E-state index in [1.54, 1.807) is 0 Å². The molecule has 3 nitrogen and oxygen atoms in total. The first kappa shape index (κ1) is 10.2. The molecule has 0 aliphatic carbocycles. The van der Waals surface area contributed by atoms with Crippen LogP contribution in [0.2, 0.25) is 0 Å². The number of rotatable bonds is 1. The molecule has 2 aromatic carbocycles. The van der Waals surface area contributed by atoms with Crippen molar-refractivity contribution in [3.8, 4) is 11.5 Å². The average Bonchev–Trinajstić information content (AvgIpc) is 2.54. The van der Waals surface area contributed by atoms with Gasteiger partial charge in [-0.25, -0.2) is 0 Å². The van der Waals surface area contributed by atoms with Gasteiger partial charge in [-0.05, 0) is 18.2 Å². The van der Waals surface area contributed by atoms with E-state index in [1.807, 2.05) is 48.5 Å². The quantitative estimate of drug-likeness (QED) is 0.786. The van der Waals surface area contributed by atoms with E-state index in [0.29, 0.717) is 6.54 Å². The van der Waals surface area contributed by atoms with Crippen LogP contribution in [0.15, 0.2) is 48.5 Å². The summed E-state index contributed by atoms with van der Waals surface area (Å²) in [4.78, 5) is 0. The Morgan fingerprint density at radius 2 is 1.71 bits per heavy atom. The van der Waals surface area contributed by atoms with Gasteiger partial charge in [-0.1, -0.05) is 30.3 Å². The fraction of sp³-hybridized carbons (Fsp3) is 0.143. The maximum Gasteiger partial charge on any atom is 0.150 e. The summed E-state index contributed by atoms with van der Waals surface area (Å²) in [5.41, 5.74) is 7.91. The van der Waals surface area contributed by atoms with Gasteiger partial charge in [-0.15, -0.1) is 0 Å². The third-order valence-corrected chi connectivity index (χ3v) is 2.97. The number of hydrogen-bond acceptors (Lipinski definition) is 3. The van der Waals surface area contributed by atoms with E-state index in [-0.39, 0.29) is 6.04 Å². The van der Waals surface area contributed by atoms with Crippen molar-refractivity contribution in [3.05, 3.63) is 54.1 Å². The lowest BCUT2D eigenvalue weighted by Crippen LogP contribution is -2.19. The Bertz CT molecular complexity index is 539. The van der Waals surface area contributed by atoms with Crippen molar-refractivity contribution < 1.29 is 4.74 Å². The van der Waals surface area contributed by atoms with Gasteiger partial charge < -0.3 is 15.8 Å². The highest BCUT2D eigenvalue weighted by Crippen LogP contribution is 2.39. The molecule has 1 aliphatic heterocycles. The Morgan fingerprint density at radius 1 is 1.00 bits per heavy atom. The highest BCUT2D eigenvalue weighted by atomic mass is 16.5. The summed E-state index contributed by atoms with van der Waals surface area (Å²) in [7, 11) is 0. The van der Waals surface area contributed by atoms with Gasteiger partial charge in [0.05, 0.1) is 11.7 Å². The molecule has 0 aromatic heterocycles. The third-order valence-electron chi connectivity index (χ3n) is 2.97. The summed E-state index contributed by atoms with van der Waals surface area (Å²) in [5.74, 6) is 1.72. The second kappa shape index (κ2) is 4.11. The fourth-order valence-electron chi connectivity index (χ4n) is 2.11. The Hall–Kier alpha value is -2.00. The van der Waals surface area contributed by atoms with Gasteiger partial charge in [0.25, 0.3) is 0 Å². The van der Waals surface area contributed by atoms with Crippen molar-refractivity contribution in [1.29, 1.82) is 0 Å². The lowest BCUT2D eigenvalue weighted by Gasteiger charge is -2.16. The van der Waals surface area contributed by atoms with Crippen LogP contribution >= 0.6 is 0 Å². The van der Waals surface area contributed by atoms with Crippen molar-refractivity contribution in [2.24, 2.45) is 5.73 Å². The summed E-state index contributed by atoms with van der Waals surface area (Å²) in [5, 5.41) is 3.42. The zero-order valence-electron chi connectivity index (χ0n) is 9.39. The second-order valence-corrected chi connectivity index (χ2v) is 4.07. The van der Waals surface area contributed by atoms with E-state index in [9.17, 15) is 0 Å². The van der Waals surface area contributed by atoms with Gasteiger partial charge in [-0.3, -0.25) is 0 Å². The molecule has 1 unspecified atom stereocenters. The van der Waals surface area contributed by atoms with Crippen molar-refractivity contribution in [1.82, 2.24) is 0 Å². The normalized spacial score (nSPS) is 17.1. The molecule has 0 fully saturated rings. The molecule has 3 heteroatoms. The van der Waals surface area contributed by atoms with Crippen LogP contribution in [0, 0.1) is 0 Å². The largest absolute Gasteiger partial charge is 0.455 e. The lowest BCUT2D eigenvalue weighted by molar-refractivity contribution is 0.482. The first-order valence-corrected chi connectivity index (χ1v) is 5.71. The SMILES string of the molecule is NCC1Nc2ccccc2Oc2ccccc21. The van der Waals surface area contributed by atoms with Gasteiger partial charge in [0, 0.05) is 12.1 Å². The number of ether oxygens (including phenoxy) is 1. The molecule has 2 aromatic rings. The predicted octanol–water partition coefficient (Wildman–Crippen LogP) is 2.90. The van der Waals surface area contributed by atoms with Gasteiger partial charge in [0.15, 0.2) is 5.75 Å². The number of anilines is 1. The van der Waals surface area contributed by atoms with Gasteiger partial charge in [-0.2, -0.15) is 0 Å². The molecule has 1 heterocycles. The van der Waals surface area contributed by atoms with E-state index < -0.39 is 0 Å². The molecule has 3 N–H and O–H groups in total. The van der Waals surface area contributed by atoms with E-state index in [2.05, 4.69) is 5.32 Å². The van der Waals surface area contributed by atoms with Gasteiger partial charge in [0.2, 0.25) is 0 Å². The molecule has 0 saturated heterocycles. The Balaban J connectivity index is 2.13. The zero-order chi connectivity index (χ0) is 11.7. The number of fused-ring (bicyclic) bond motifs is 2. The molecule has 0 amide bonds. The maximum atomic E-state index is 5.92. The molecule has 0 bridgehead atoms. The van der Waals surface area contributed by atoms with Crippen LogP contribution < -0.4 is 15.8 Å². The van der Waals surface area contributed by atoms with Crippen LogP contribution in [0.3, 0.4) is 0 Å². The minimum Gasteiger partial charge on any atom is -0.455 e. The summed E-state index contributed by atoms with van der Waals surface area (Å²) in [6.45, 7) is 0.536. The molecular formula is C14H14N2O. The summed E-state index contributed by atoms with van der Waals surface area (Å²) in [6, 6.07) is 16.0. The lowest BCUT2D eigenvalue weighted by atomic mass is 10.1. The number of hydrogen-bond donors (Lipinski definition) is 2. The Labute approximate surface area is 100 Å². The molecule has 3 rings (SSSR count). The first-order valence-electron chi connectivity index (χ1n) is 5.71. The summed E-state index contributed by atoms with van der Waals surface area (Å²) < 4.78 is 5.92. The zero-order valence-corrected chi connectivity index (χ0v) is 9.39. The molecule has 0 saturated carbocycles. The van der Waals surface area contributed by atoms with E-state index in [4.69, 9.17) is 10.5 Å². The molecule has 17 heavy (non-hydrogen) atoms. The smallest absolute Gasteiger partial charge is 0.150 e. The van der Waals surface area contributed by atoms with Crippen LogP contribution in [0.5, 0.6) is 11.5 Å². The molecule has 0 spiro atoms. The topological polar surface area (TPSA) is 47.3 Å². The third kappa shape index (κ3) is 1.74. The van der Waals surface area contributed by atoms with E-state index >= 15 is 0 Å². The number of benzene rings is 2. The summed E-state index contributed by atoms with van der Waals surface area (Å²) in [6.07, 6.45) is 0. The molecule has 0 radical (unpaired) electrons. The van der Waals surface area contributed by atoms with Gasteiger partial charge in [0.1, 0.15) is 5.75 Å². The van der Waals surface area contributed by atoms with Crippen LogP contribution in [0.25, 0.3) is 0 Å². The second-order valence-electron chi connectivity index (χ2n) is 4.07. The van der Waals surface area contributed by atoms with E-state index in [0.717, 1.165) is 22.7 Å². The maximum absolute atomic E-state index is 5.92. The Morgan fingerprint density at radius 3 is 2.53 bits per heavy atom. The standard InChI is InChI=1S/C14H14N2O/c15-9-12-10-5-1-3-7-13(10)17-14-8-4-2-6-11(14)16-12/h1-8,12,16H,9,15H2. The molecule has 86 valence electrons. The minimum absolute atomic E-state index is 0.0925. The summed E-state index contributed by atoms with van der Waals surface area (Å²) >= 11 is 0.